The van der Waals surface area contributed by atoms with Gasteiger partial charge in [0.2, 0.25) is 5.91 Å². The van der Waals surface area contributed by atoms with E-state index in [1.165, 1.54) is 0 Å². The maximum atomic E-state index is 11.9. The number of aromatic nitrogens is 1. The van der Waals surface area contributed by atoms with Gasteiger partial charge in [0.1, 0.15) is 6.54 Å². The van der Waals surface area contributed by atoms with Crippen LogP contribution >= 0.6 is 0 Å². The SMILES string of the molecule is Cc1cc2c(n1CC(=O)NC1CC1)CCCC2O. The Kier molecular flexibility index (Phi) is 2.90. The zero-order valence-electron chi connectivity index (χ0n) is 10.8. The molecule has 0 saturated heterocycles. The van der Waals surface area contributed by atoms with Crippen molar-refractivity contribution in [3.63, 3.8) is 0 Å². The van der Waals surface area contributed by atoms with Crippen molar-refractivity contribution in [2.45, 2.75) is 57.7 Å². The zero-order chi connectivity index (χ0) is 12.7. The van der Waals surface area contributed by atoms with Gasteiger partial charge in [0.25, 0.3) is 0 Å². The second-order valence-electron chi connectivity index (χ2n) is 5.52. The minimum Gasteiger partial charge on any atom is -0.388 e. The predicted molar refractivity (Wildman–Crippen MR) is 68.2 cm³/mol. The van der Waals surface area contributed by atoms with Gasteiger partial charge < -0.3 is 15.0 Å². The maximum Gasteiger partial charge on any atom is 0.240 e. The predicted octanol–water partition coefficient (Wildman–Crippen LogP) is 1.44. The minimum absolute atomic E-state index is 0.0964. The second-order valence-corrected chi connectivity index (χ2v) is 5.52. The Bertz CT molecular complexity index is 474. The molecular weight excluding hydrogens is 228 g/mol. The highest BCUT2D eigenvalue weighted by Crippen LogP contribution is 2.32. The van der Waals surface area contributed by atoms with Gasteiger partial charge in [0.15, 0.2) is 0 Å². The number of amides is 1. The molecule has 0 aliphatic heterocycles. The number of aliphatic hydroxyl groups excluding tert-OH is 1. The molecule has 2 N–H and O–H groups in total. The van der Waals surface area contributed by atoms with E-state index in [-0.39, 0.29) is 12.0 Å². The minimum atomic E-state index is -0.347. The summed E-state index contributed by atoms with van der Waals surface area (Å²) < 4.78 is 2.06. The standard InChI is InChI=1S/C14H20N2O2/c1-9-7-11-12(3-2-4-13(11)17)16(9)8-14(18)15-10-5-6-10/h7,10,13,17H,2-6,8H2,1H3,(H,15,18). The first-order valence-electron chi connectivity index (χ1n) is 6.81. The van der Waals surface area contributed by atoms with Crippen LogP contribution in [0.2, 0.25) is 0 Å². The molecule has 0 spiro atoms. The summed E-state index contributed by atoms with van der Waals surface area (Å²) in [5, 5.41) is 13.0. The average Bonchev–Trinajstić information content (AvgIpc) is 3.07. The Morgan fingerprint density at radius 1 is 1.50 bits per heavy atom. The summed E-state index contributed by atoms with van der Waals surface area (Å²) in [7, 11) is 0. The van der Waals surface area contributed by atoms with E-state index in [1.54, 1.807) is 0 Å². The van der Waals surface area contributed by atoms with Crippen LogP contribution in [0.4, 0.5) is 0 Å². The lowest BCUT2D eigenvalue weighted by molar-refractivity contribution is -0.121. The second kappa shape index (κ2) is 4.43. The number of hydrogen-bond acceptors (Lipinski definition) is 2. The molecule has 0 aromatic carbocycles. The van der Waals surface area contributed by atoms with E-state index in [2.05, 4.69) is 9.88 Å². The van der Waals surface area contributed by atoms with Crippen LogP contribution in [0, 0.1) is 6.92 Å². The lowest BCUT2D eigenvalue weighted by Gasteiger charge is -2.20. The van der Waals surface area contributed by atoms with Gasteiger partial charge in [-0.1, -0.05) is 0 Å². The molecule has 0 radical (unpaired) electrons. The van der Waals surface area contributed by atoms with Crippen molar-refractivity contribution < 1.29 is 9.90 Å². The van der Waals surface area contributed by atoms with Gasteiger partial charge in [-0.05, 0) is 45.1 Å². The van der Waals surface area contributed by atoms with Gasteiger partial charge in [-0.25, -0.2) is 0 Å². The Morgan fingerprint density at radius 3 is 3.00 bits per heavy atom. The summed E-state index contributed by atoms with van der Waals surface area (Å²) in [6, 6.07) is 2.44. The molecule has 18 heavy (non-hydrogen) atoms. The summed E-state index contributed by atoms with van der Waals surface area (Å²) in [5.74, 6) is 0.0964. The molecule has 1 heterocycles. The van der Waals surface area contributed by atoms with Crippen molar-refractivity contribution in [1.82, 2.24) is 9.88 Å². The summed E-state index contributed by atoms with van der Waals surface area (Å²) in [5.41, 5.74) is 3.25. The number of aryl methyl sites for hydroxylation is 1. The van der Waals surface area contributed by atoms with Crippen LogP contribution in [0.5, 0.6) is 0 Å². The molecular formula is C14H20N2O2. The van der Waals surface area contributed by atoms with Gasteiger partial charge >= 0.3 is 0 Å². The van der Waals surface area contributed by atoms with E-state index in [1.807, 2.05) is 13.0 Å². The lowest BCUT2D eigenvalue weighted by Crippen LogP contribution is -2.30. The van der Waals surface area contributed by atoms with Crippen molar-refractivity contribution in [3.8, 4) is 0 Å². The molecule has 3 rings (SSSR count). The number of fused-ring (bicyclic) bond motifs is 1. The lowest BCUT2D eigenvalue weighted by atomic mass is 9.95. The first-order chi connectivity index (χ1) is 8.65. The quantitative estimate of drug-likeness (QED) is 0.850. The Balaban J connectivity index is 1.80. The Morgan fingerprint density at radius 2 is 2.28 bits per heavy atom. The average molecular weight is 248 g/mol. The third-order valence-electron chi connectivity index (χ3n) is 3.94. The third kappa shape index (κ3) is 2.17. The maximum absolute atomic E-state index is 11.9. The van der Waals surface area contributed by atoms with Gasteiger partial charge in [-0.2, -0.15) is 0 Å². The number of hydrogen-bond donors (Lipinski definition) is 2. The number of aliphatic hydroxyl groups is 1. The topological polar surface area (TPSA) is 54.3 Å². The molecule has 1 fully saturated rings. The zero-order valence-corrected chi connectivity index (χ0v) is 10.8. The van der Waals surface area contributed by atoms with Crippen molar-refractivity contribution in [3.05, 3.63) is 23.0 Å². The molecule has 98 valence electrons. The van der Waals surface area contributed by atoms with E-state index in [0.29, 0.717) is 12.6 Å². The van der Waals surface area contributed by atoms with Crippen LogP contribution in [-0.4, -0.2) is 21.6 Å². The molecule has 4 heteroatoms. The molecule has 0 bridgehead atoms. The van der Waals surface area contributed by atoms with Gasteiger partial charge in [0, 0.05) is 23.0 Å². The normalized spacial score (nSPS) is 22.7. The van der Waals surface area contributed by atoms with Crippen LogP contribution in [0.1, 0.15) is 48.7 Å². The third-order valence-corrected chi connectivity index (χ3v) is 3.94. The van der Waals surface area contributed by atoms with Crippen LogP contribution in [0.3, 0.4) is 0 Å². The van der Waals surface area contributed by atoms with Crippen LogP contribution in [-0.2, 0) is 17.8 Å². The summed E-state index contributed by atoms with van der Waals surface area (Å²) in [6.07, 6.45) is 4.70. The van der Waals surface area contributed by atoms with Crippen LogP contribution in [0.25, 0.3) is 0 Å². The molecule has 1 amide bonds. The summed E-state index contributed by atoms with van der Waals surface area (Å²) in [6.45, 7) is 2.40. The van der Waals surface area contributed by atoms with E-state index >= 15 is 0 Å². The molecule has 1 unspecified atom stereocenters. The summed E-state index contributed by atoms with van der Waals surface area (Å²) in [4.78, 5) is 11.9. The Labute approximate surface area is 107 Å². The van der Waals surface area contributed by atoms with Gasteiger partial charge in [0.05, 0.1) is 6.10 Å². The van der Waals surface area contributed by atoms with Crippen molar-refractivity contribution in [2.75, 3.05) is 0 Å². The first kappa shape index (κ1) is 11.8. The molecule has 1 atom stereocenters. The van der Waals surface area contributed by atoms with Crippen molar-refractivity contribution in [1.29, 1.82) is 0 Å². The Hall–Kier alpha value is -1.29. The fourth-order valence-corrected chi connectivity index (χ4v) is 2.81. The van der Waals surface area contributed by atoms with Crippen LogP contribution < -0.4 is 5.32 Å². The number of carbonyl (C=O) groups excluding carboxylic acids is 1. The largest absolute Gasteiger partial charge is 0.388 e. The van der Waals surface area contributed by atoms with E-state index < -0.39 is 0 Å². The fraction of sp³-hybridized carbons (Fsp3) is 0.643. The number of carbonyl (C=O) groups is 1. The first-order valence-corrected chi connectivity index (χ1v) is 6.81. The van der Waals surface area contributed by atoms with Crippen LogP contribution in [0.15, 0.2) is 6.07 Å². The highest BCUT2D eigenvalue weighted by atomic mass is 16.3. The van der Waals surface area contributed by atoms with Gasteiger partial charge in [-0.3, -0.25) is 4.79 Å². The van der Waals surface area contributed by atoms with Crippen molar-refractivity contribution >= 4 is 5.91 Å². The van der Waals surface area contributed by atoms with E-state index in [4.69, 9.17) is 0 Å². The number of nitrogens with one attached hydrogen (secondary N) is 1. The molecule has 1 aromatic heterocycles. The molecule has 4 nitrogen and oxygen atoms in total. The summed E-state index contributed by atoms with van der Waals surface area (Å²) >= 11 is 0. The molecule has 1 aromatic rings. The molecule has 2 aliphatic carbocycles. The molecule has 2 aliphatic rings. The number of nitrogens with zero attached hydrogens (tertiary/aromatic N) is 1. The monoisotopic (exact) mass is 248 g/mol. The number of rotatable bonds is 3. The highest BCUT2D eigenvalue weighted by molar-refractivity contribution is 5.76. The smallest absolute Gasteiger partial charge is 0.240 e. The van der Waals surface area contributed by atoms with Crippen molar-refractivity contribution in [2.24, 2.45) is 0 Å². The highest BCUT2D eigenvalue weighted by Gasteiger charge is 2.26. The fourth-order valence-electron chi connectivity index (χ4n) is 2.81. The van der Waals surface area contributed by atoms with Gasteiger partial charge in [-0.15, -0.1) is 0 Å². The molecule has 1 saturated carbocycles. The van der Waals surface area contributed by atoms with E-state index in [9.17, 15) is 9.90 Å². The van der Waals surface area contributed by atoms with E-state index in [0.717, 1.165) is 49.1 Å².